The molecule has 0 radical (unpaired) electrons. The van der Waals surface area contributed by atoms with Crippen molar-refractivity contribution in [2.45, 2.75) is 25.7 Å². The lowest BCUT2D eigenvalue weighted by Gasteiger charge is -2.24. The predicted octanol–water partition coefficient (Wildman–Crippen LogP) is 2.37. The molecule has 0 aromatic heterocycles. The normalized spacial score (nSPS) is 19.0. The highest BCUT2D eigenvalue weighted by Gasteiger charge is 2.30. The van der Waals surface area contributed by atoms with Gasteiger partial charge in [0.15, 0.2) is 0 Å². The zero-order valence-electron chi connectivity index (χ0n) is 15.7. The second-order valence-electron chi connectivity index (χ2n) is 5.83. The average molecular weight is 480 g/mol. The third-order valence-electron chi connectivity index (χ3n) is 3.76. The molecule has 1 fully saturated rings. The van der Waals surface area contributed by atoms with Crippen LogP contribution in [0.2, 0.25) is 0 Å². The third kappa shape index (κ3) is 6.55. The molecule has 0 saturated carbocycles. The van der Waals surface area contributed by atoms with E-state index in [1.807, 2.05) is 6.07 Å². The van der Waals surface area contributed by atoms with Crippen LogP contribution >= 0.6 is 15.9 Å². The van der Waals surface area contributed by atoms with Crippen molar-refractivity contribution in [3.05, 3.63) is 22.2 Å². The standard InChI is InChI=1S/C17H22BrNO8S/c1-10(26-17(21)27-12-8-28(22)9-12)25-16(20)19-5-4-11-6-15(24-3)13(18)7-14(11)23-2/h6-7,10,12H,4-5,8-9H2,1-3H3,(H,19,20). The third-order valence-corrected chi connectivity index (χ3v) is 5.87. The molecule has 28 heavy (non-hydrogen) atoms. The van der Waals surface area contributed by atoms with Crippen LogP contribution in [0, 0.1) is 0 Å². The van der Waals surface area contributed by atoms with Crippen molar-refractivity contribution in [2.24, 2.45) is 0 Å². The van der Waals surface area contributed by atoms with Crippen molar-refractivity contribution in [1.82, 2.24) is 5.32 Å². The first-order valence-electron chi connectivity index (χ1n) is 8.39. The van der Waals surface area contributed by atoms with E-state index in [9.17, 15) is 13.8 Å². The van der Waals surface area contributed by atoms with E-state index in [1.165, 1.54) is 6.92 Å². The van der Waals surface area contributed by atoms with Crippen molar-refractivity contribution in [1.29, 1.82) is 0 Å². The first-order valence-corrected chi connectivity index (χ1v) is 10.7. The van der Waals surface area contributed by atoms with Gasteiger partial charge in [-0.15, -0.1) is 0 Å². The van der Waals surface area contributed by atoms with Crippen LogP contribution in [0.25, 0.3) is 0 Å². The fourth-order valence-corrected chi connectivity index (χ4v) is 3.72. The van der Waals surface area contributed by atoms with Crippen molar-refractivity contribution >= 4 is 39.0 Å². The van der Waals surface area contributed by atoms with Crippen LogP contribution < -0.4 is 14.8 Å². The first kappa shape index (κ1) is 22.3. The molecule has 2 rings (SSSR count). The number of rotatable bonds is 8. The molecule has 0 spiro atoms. The van der Waals surface area contributed by atoms with Crippen LogP contribution in [0.1, 0.15) is 12.5 Å². The summed E-state index contributed by atoms with van der Waals surface area (Å²) in [6.45, 7) is 1.66. The SMILES string of the molecule is COc1cc(CCNC(=O)OC(C)OC(=O)OC2CS(=O)C2)c(OC)cc1Br. The molecule has 1 heterocycles. The predicted molar refractivity (Wildman–Crippen MR) is 104 cm³/mol. The number of methoxy groups -OCH3 is 2. The maximum absolute atomic E-state index is 11.8. The summed E-state index contributed by atoms with van der Waals surface area (Å²) in [7, 11) is 2.18. The molecule has 9 nitrogen and oxygen atoms in total. The van der Waals surface area contributed by atoms with Gasteiger partial charge in [-0.2, -0.15) is 0 Å². The Bertz CT molecular complexity index is 736. The minimum atomic E-state index is -1.12. The lowest BCUT2D eigenvalue weighted by molar-refractivity contribution is -0.0802. The molecule has 1 aromatic carbocycles. The van der Waals surface area contributed by atoms with Crippen molar-refractivity contribution < 1.29 is 37.5 Å². The fourth-order valence-electron chi connectivity index (χ4n) is 2.37. The molecule has 0 aliphatic carbocycles. The Hall–Kier alpha value is -2.01. The van der Waals surface area contributed by atoms with Crippen LogP contribution in [0.4, 0.5) is 9.59 Å². The molecular weight excluding hydrogens is 458 g/mol. The Morgan fingerprint density at radius 2 is 1.89 bits per heavy atom. The molecule has 1 aliphatic heterocycles. The van der Waals surface area contributed by atoms with Crippen LogP contribution in [0.5, 0.6) is 11.5 Å². The van der Waals surface area contributed by atoms with Gasteiger partial charge in [-0.3, -0.25) is 4.21 Å². The van der Waals surface area contributed by atoms with Gasteiger partial charge >= 0.3 is 12.2 Å². The summed E-state index contributed by atoms with van der Waals surface area (Å²) < 4.78 is 36.9. The number of carbonyl (C=O) groups is 2. The number of benzene rings is 1. The molecule has 1 aliphatic rings. The highest BCUT2D eigenvalue weighted by Crippen LogP contribution is 2.32. The topological polar surface area (TPSA) is 109 Å². The Labute approximate surface area is 173 Å². The van der Waals surface area contributed by atoms with Crippen LogP contribution in [0.15, 0.2) is 16.6 Å². The zero-order valence-corrected chi connectivity index (χ0v) is 18.1. The van der Waals surface area contributed by atoms with Gasteiger partial charge in [0.25, 0.3) is 0 Å². The quantitative estimate of drug-likeness (QED) is 0.446. The second kappa shape index (κ2) is 10.5. The molecule has 1 N–H and O–H groups in total. The summed E-state index contributed by atoms with van der Waals surface area (Å²) in [5.74, 6) is 1.90. The molecule has 11 heteroatoms. The van der Waals surface area contributed by atoms with Gasteiger partial charge in [0.1, 0.15) is 17.6 Å². The van der Waals surface area contributed by atoms with E-state index in [1.54, 1.807) is 20.3 Å². The minimum Gasteiger partial charge on any atom is -0.496 e. The zero-order chi connectivity index (χ0) is 20.7. The Kier molecular flexibility index (Phi) is 8.36. The van der Waals surface area contributed by atoms with E-state index >= 15 is 0 Å². The number of nitrogens with one attached hydrogen (secondary N) is 1. The van der Waals surface area contributed by atoms with Crippen molar-refractivity contribution in [3.63, 3.8) is 0 Å². The number of carbonyl (C=O) groups excluding carboxylic acids is 2. The molecule has 0 bridgehead atoms. The number of hydrogen-bond donors (Lipinski definition) is 1. The fraction of sp³-hybridized carbons (Fsp3) is 0.529. The molecular formula is C17H22BrNO8S. The molecule has 1 unspecified atom stereocenters. The van der Waals surface area contributed by atoms with Gasteiger partial charge in [0, 0.05) is 24.3 Å². The van der Waals surface area contributed by atoms with Crippen LogP contribution in [-0.2, 0) is 31.4 Å². The van der Waals surface area contributed by atoms with E-state index in [4.69, 9.17) is 23.7 Å². The lowest BCUT2D eigenvalue weighted by atomic mass is 10.1. The van der Waals surface area contributed by atoms with Gasteiger partial charge < -0.3 is 29.0 Å². The maximum atomic E-state index is 11.8. The maximum Gasteiger partial charge on any atom is 0.511 e. The van der Waals surface area contributed by atoms with E-state index < -0.39 is 35.4 Å². The van der Waals surface area contributed by atoms with Gasteiger partial charge in [-0.05, 0) is 40.0 Å². The second-order valence-corrected chi connectivity index (χ2v) is 8.23. The highest BCUT2D eigenvalue weighted by atomic mass is 79.9. The summed E-state index contributed by atoms with van der Waals surface area (Å²) in [6.07, 6.45) is -2.77. The summed E-state index contributed by atoms with van der Waals surface area (Å²) in [5.41, 5.74) is 0.841. The molecule has 156 valence electrons. The van der Waals surface area contributed by atoms with E-state index in [0.29, 0.717) is 29.4 Å². The number of hydrogen-bond acceptors (Lipinski definition) is 8. The molecule has 1 atom stereocenters. The first-order chi connectivity index (χ1) is 13.3. The number of amides is 1. The number of ether oxygens (including phenoxy) is 5. The van der Waals surface area contributed by atoms with Gasteiger partial charge in [0.05, 0.1) is 30.2 Å². The van der Waals surface area contributed by atoms with E-state index in [0.717, 1.165) is 10.0 Å². The summed E-state index contributed by atoms with van der Waals surface area (Å²) in [5, 5.41) is 2.57. The van der Waals surface area contributed by atoms with E-state index in [-0.39, 0.29) is 6.54 Å². The molecule has 1 saturated heterocycles. The Morgan fingerprint density at radius 1 is 1.21 bits per heavy atom. The van der Waals surface area contributed by atoms with Crippen molar-refractivity contribution in [2.75, 3.05) is 32.3 Å². The Balaban J connectivity index is 1.73. The van der Waals surface area contributed by atoms with Gasteiger partial charge in [-0.25, -0.2) is 9.59 Å². The number of alkyl carbamates (subject to hydrolysis) is 1. The van der Waals surface area contributed by atoms with Crippen LogP contribution in [0.3, 0.4) is 0 Å². The largest absolute Gasteiger partial charge is 0.511 e. The number of halogens is 1. The monoisotopic (exact) mass is 479 g/mol. The van der Waals surface area contributed by atoms with E-state index in [2.05, 4.69) is 21.2 Å². The van der Waals surface area contributed by atoms with Gasteiger partial charge in [-0.1, -0.05) is 0 Å². The molecule has 1 aromatic rings. The molecule has 1 amide bonds. The highest BCUT2D eigenvalue weighted by molar-refractivity contribution is 9.10. The summed E-state index contributed by atoms with van der Waals surface area (Å²) in [4.78, 5) is 23.3. The summed E-state index contributed by atoms with van der Waals surface area (Å²) in [6, 6.07) is 3.59. The average Bonchev–Trinajstić information content (AvgIpc) is 2.60. The lowest BCUT2D eigenvalue weighted by Crippen LogP contribution is -2.41. The summed E-state index contributed by atoms with van der Waals surface area (Å²) >= 11 is 3.38. The van der Waals surface area contributed by atoms with Crippen molar-refractivity contribution in [3.8, 4) is 11.5 Å². The van der Waals surface area contributed by atoms with Gasteiger partial charge in [0.2, 0.25) is 6.29 Å². The van der Waals surface area contributed by atoms with Crippen LogP contribution in [-0.4, -0.2) is 61.1 Å². The smallest absolute Gasteiger partial charge is 0.496 e. The minimum absolute atomic E-state index is 0.269. The Morgan fingerprint density at radius 3 is 2.50 bits per heavy atom.